The van der Waals surface area contributed by atoms with Crippen LogP contribution in [0.25, 0.3) is 16.9 Å². The Kier molecular flexibility index (Phi) is 4.09. The Balaban J connectivity index is 2.46. The summed E-state index contributed by atoms with van der Waals surface area (Å²) in [6.07, 6.45) is 2.40. The third kappa shape index (κ3) is 2.46. The van der Waals surface area contributed by atoms with Gasteiger partial charge in [-0.3, -0.25) is 9.36 Å². The van der Waals surface area contributed by atoms with Gasteiger partial charge in [0.05, 0.1) is 12.0 Å². The Bertz CT molecular complexity index is 996. The number of fused-ring (bicyclic) bond motifs is 1. The minimum absolute atomic E-state index is 0.293. The van der Waals surface area contributed by atoms with Crippen molar-refractivity contribution in [2.75, 3.05) is 0 Å². The highest BCUT2D eigenvalue weighted by molar-refractivity contribution is 5.72. The number of aryl methyl sites for hydroxylation is 1. The van der Waals surface area contributed by atoms with Crippen LogP contribution in [0.5, 0.6) is 0 Å². The van der Waals surface area contributed by atoms with Gasteiger partial charge in [-0.1, -0.05) is 6.92 Å². The van der Waals surface area contributed by atoms with Gasteiger partial charge in [0, 0.05) is 12.6 Å². The van der Waals surface area contributed by atoms with Gasteiger partial charge in [0.1, 0.15) is 5.82 Å². The lowest BCUT2D eigenvalue weighted by atomic mass is 10.3. The molecule has 0 radical (unpaired) electrons. The number of aromatic nitrogens is 4. The van der Waals surface area contributed by atoms with Crippen LogP contribution in [-0.4, -0.2) is 18.7 Å². The molecule has 0 bridgehead atoms. The summed E-state index contributed by atoms with van der Waals surface area (Å²) >= 11 is 0. The molecule has 0 saturated carbocycles. The van der Waals surface area contributed by atoms with E-state index in [0.29, 0.717) is 23.4 Å². The molecule has 6 nitrogen and oxygen atoms in total. The van der Waals surface area contributed by atoms with Crippen LogP contribution < -0.4 is 11.2 Å². The molecule has 0 saturated heterocycles. The summed E-state index contributed by atoms with van der Waals surface area (Å²) in [7, 11) is 0. The average molecular weight is 330 g/mol. The van der Waals surface area contributed by atoms with Crippen LogP contribution in [0.2, 0.25) is 0 Å². The van der Waals surface area contributed by atoms with Gasteiger partial charge in [-0.2, -0.15) is 0 Å². The Morgan fingerprint density at radius 3 is 2.42 bits per heavy atom. The van der Waals surface area contributed by atoms with Crippen molar-refractivity contribution in [2.24, 2.45) is 0 Å². The highest BCUT2D eigenvalue weighted by atomic mass is 19.1. The monoisotopic (exact) mass is 330 g/mol. The SMILES string of the molecule is CCCn1cnc2c1c(=O)n(C(C)C)c(=O)n2-c1ccc(F)cc1. The second-order valence-corrected chi connectivity index (χ2v) is 5.97. The van der Waals surface area contributed by atoms with Crippen LogP contribution in [0.1, 0.15) is 33.2 Å². The molecule has 0 aliphatic carbocycles. The van der Waals surface area contributed by atoms with Gasteiger partial charge in [-0.05, 0) is 44.5 Å². The van der Waals surface area contributed by atoms with Gasteiger partial charge in [-0.25, -0.2) is 18.7 Å². The molecule has 0 N–H and O–H groups in total. The Morgan fingerprint density at radius 2 is 1.83 bits per heavy atom. The molecular weight excluding hydrogens is 311 g/mol. The van der Waals surface area contributed by atoms with E-state index in [-0.39, 0.29) is 11.6 Å². The van der Waals surface area contributed by atoms with Crippen molar-refractivity contribution in [3.63, 3.8) is 0 Å². The maximum atomic E-state index is 13.2. The van der Waals surface area contributed by atoms with E-state index in [1.54, 1.807) is 24.7 Å². The topological polar surface area (TPSA) is 61.8 Å². The fraction of sp³-hybridized carbons (Fsp3) is 0.353. The van der Waals surface area contributed by atoms with Crippen molar-refractivity contribution < 1.29 is 4.39 Å². The van der Waals surface area contributed by atoms with E-state index < -0.39 is 11.5 Å². The normalized spacial score (nSPS) is 11.5. The Morgan fingerprint density at radius 1 is 1.17 bits per heavy atom. The first-order chi connectivity index (χ1) is 11.5. The largest absolute Gasteiger partial charge is 0.337 e. The number of halogens is 1. The number of hydrogen-bond acceptors (Lipinski definition) is 3. The standard InChI is InChI=1S/C17H19FN4O2/c1-4-9-20-10-19-15-14(20)16(23)21(11(2)3)17(24)22(15)13-7-5-12(18)6-8-13/h5-8,10-11H,4,9H2,1-3H3. The minimum atomic E-state index is -0.476. The summed E-state index contributed by atoms with van der Waals surface area (Å²) in [4.78, 5) is 30.0. The second-order valence-electron chi connectivity index (χ2n) is 5.97. The summed E-state index contributed by atoms with van der Waals surface area (Å²) in [6.45, 7) is 6.20. The van der Waals surface area contributed by atoms with Crippen LogP contribution in [0.3, 0.4) is 0 Å². The lowest BCUT2D eigenvalue weighted by Crippen LogP contribution is -2.41. The third-order valence-electron chi connectivity index (χ3n) is 3.91. The summed E-state index contributed by atoms with van der Waals surface area (Å²) in [5.41, 5.74) is 0.323. The fourth-order valence-corrected chi connectivity index (χ4v) is 2.84. The molecule has 0 spiro atoms. The highest BCUT2D eigenvalue weighted by Crippen LogP contribution is 2.15. The van der Waals surface area contributed by atoms with Crippen molar-refractivity contribution in [3.05, 3.63) is 57.2 Å². The molecule has 0 aliphatic rings. The van der Waals surface area contributed by atoms with Crippen molar-refractivity contribution in [3.8, 4) is 5.69 Å². The molecule has 0 unspecified atom stereocenters. The highest BCUT2D eigenvalue weighted by Gasteiger charge is 2.20. The first-order valence-electron chi connectivity index (χ1n) is 7.94. The number of hydrogen-bond donors (Lipinski definition) is 0. The minimum Gasteiger partial charge on any atom is -0.325 e. The van der Waals surface area contributed by atoms with Crippen molar-refractivity contribution in [1.29, 1.82) is 0 Å². The summed E-state index contributed by atoms with van der Waals surface area (Å²) in [5, 5.41) is 0. The lowest BCUT2D eigenvalue weighted by Gasteiger charge is -2.14. The summed E-state index contributed by atoms with van der Waals surface area (Å²) < 4.78 is 17.6. The molecule has 3 rings (SSSR count). The maximum Gasteiger partial charge on any atom is 0.337 e. The molecule has 126 valence electrons. The average Bonchev–Trinajstić information content (AvgIpc) is 2.93. The Hall–Kier alpha value is -2.70. The predicted molar refractivity (Wildman–Crippen MR) is 90.2 cm³/mol. The predicted octanol–water partition coefficient (Wildman–Crippen LogP) is 2.48. The molecule has 0 amide bonds. The fourth-order valence-electron chi connectivity index (χ4n) is 2.84. The molecule has 7 heteroatoms. The van der Waals surface area contributed by atoms with Gasteiger partial charge in [0.25, 0.3) is 5.56 Å². The molecule has 2 heterocycles. The quantitative estimate of drug-likeness (QED) is 0.738. The number of nitrogens with zero attached hydrogens (tertiary/aromatic N) is 4. The molecule has 0 fully saturated rings. The molecule has 3 aromatic rings. The van der Waals surface area contributed by atoms with E-state index in [0.717, 1.165) is 6.42 Å². The zero-order chi connectivity index (χ0) is 17.4. The first kappa shape index (κ1) is 16.2. The van der Waals surface area contributed by atoms with E-state index in [1.165, 1.54) is 33.4 Å². The van der Waals surface area contributed by atoms with E-state index in [9.17, 15) is 14.0 Å². The number of rotatable bonds is 4. The molecule has 1 aromatic carbocycles. The smallest absolute Gasteiger partial charge is 0.325 e. The van der Waals surface area contributed by atoms with E-state index >= 15 is 0 Å². The van der Waals surface area contributed by atoms with Gasteiger partial charge in [0.2, 0.25) is 0 Å². The molecule has 0 atom stereocenters. The third-order valence-corrected chi connectivity index (χ3v) is 3.91. The lowest BCUT2D eigenvalue weighted by molar-refractivity contribution is 0.537. The van der Waals surface area contributed by atoms with Gasteiger partial charge < -0.3 is 4.57 Å². The second kappa shape index (κ2) is 6.07. The first-order valence-corrected chi connectivity index (χ1v) is 7.94. The molecule has 24 heavy (non-hydrogen) atoms. The van der Waals surface area contributed by atoms with Crippen LogP contribution in [0.15, 0.2) is 40.2 Å². The molecule has 0 aliphatic heterocycles. The zero-order valence-corrected chi connectivity index (χ0v) is 13.9. The van der Waals surface area contributed by atoms with Crippen molar-refractivity contribution >= 4 is 11.2 Å². The van der Waals surface area contributed by atoms with Crippen molar-refractivity contribution in [1.82, 2.24) is 18.7 Å². The van der Waals surface area contributed by atoms with E-state index in [4.69, 9.17) is 0 Å². The number of benzene rings is 1. The van der Waals surface area contributed by atoms with Gasteiger partial charge in [0.15, 0.2) is 11.2 Å². The molecule has 2 aromatic heterocycles. The van der Waals surface area contributed by atoms with Crippen LogP contribution in [-0.2, 0) is 6.54 Å². The van der Waals surface area contributed by atoms with Crippen LogP contribution >= 0.6 is 0 Å². The van der Waals surface area contributed by atoms with Crippen LogP contribution in [0.4, 0.5) is 4.39 Å². The summed E-state index contributed by atoms with van der Waals surface area (Å²) in [5.74, 6) is -0.392. The van der Waals surface area contributed by atoms with E-state index in [1.807, 2.05) is 6.92 Å². The van der Waals surface area contributed by atoms with Gasteiger partial charge >= 0.3 is 5.69 Å². The van der Waals surface area contributed by atoms with E-state index in [2.05, 4.69) is 4.98 Å². The Labute approximate surface area is 137 Å². The van der Waals surface area contributed by atoms with Gasteiger partial charge in [-0.15, -0.1) is 0 Å². The summed E-state index contributed by atoms with van der Waals surface area (Å²) in [6, 6.07) is 5.27. The maximum absolute atomic E-state index is 13.2. The number of imidazole rings is 1. The van der Waals surface area contributed by atoms with Crippen LogP contribution in [0, 0.1) is 5.82 Å². The molecular formula is C17H19FN4O2. The van der Waals surface area contributed by atoms with Crippen molar-refractivity contribution in [2.45, 2.75) is 39.8 Å². The zero-order valence-electron chi connectivity index (χ0n) is 13.9.